The summed E-state index contributed by atoms with van der Waals surface area (Å²) in [6, 6.07) is 6.51. The van der Waals surface area contributed by atoms with E-state index < -0.39 is 6.03 Å². The van der Waals surface area contributed by atoms with Crippen LogP contribution in [0.4, 0.5) is 10.5 Å². The smallest absolute Gasteiger partial charge is 0.316 e. The third-order valence-electron chi connectivity index (χ3n) is 2.01. The first-order chi connectivity index (χ1) is 7.66. The molecule has 0 aliphatic carbocycles. The summed E-state index contributed by atoms with van der Waals surface area (Å²) in [4.78, 5) is 10.7. The van der Waals surface area contributed by atoms with Crippen LogP contribution >= 0.6 is 0 Å². The number of amides is 2. The number of carbonyl (C=O) groups is 1. The van der Waals surface area contributed by atoms with Gasteiger partial charge in [-0.2, -0.15) is 0 Å². The van der Waals surface area contributed by atoms with Gasteiger partial charge in [0.2, 0.25) is 0 Å². The van der Waals surface area contributed by atoms with Gasteiger partial charge < -0.3 is 11.1 Å². The molecular formula is C9H10N6O. The molecule has 0 saturated heterocycles. The number of nitrogens with one attached hydrogen (secondary N) is 1. The average Bonchev–Trinajstić information content (AvgIpc) is 2.64. The number of carbonyl (C=O) groups excluding carboxylic acids is 1. The molecule has 0 atom stereocenters. The fourth-order valence-corrected chi connectivity index (χ4v) is 1.35. The zero-order valence-electron chi connectivity index (χ0n) is 8.58. The van der Waals surface area contributed by atoms with Crippen LogP contribution < -0.4 is 11.1 Å². The van der Waals surface area contributed by atoms with Gasteiger partial charge in [0.15, 0.2) is 5.82 Å². The van der Waals surface area contributed by atoms with Crippen molar-refractivity contribution in [1.82, 2.24) is 20.2 Å². The fraction of sp³-hybridized carbons (Fsp3) is 0.111. The molecule has 1 aromatic carbocycles. The molecule has 0 spiro atoms. The first-order valence-corrected chi connectivity index (χ1v) is 4.56. The van der Waals surface area contributed by atoms with Crippen LogP contribution in [0.3, 0.4) is 0 Å². The van der Waals surface area contributed by atoms with Crippen molar-refractivity contribution in [1.29, 1.82) is 0 Å². The lowest BCUT2D eigenvalue weighted by molar-refractivity contribution is 0.259. The van der Waals surface area contributed by atoms with Crippen molar-refractivity contribution >= 4 is 11.7 Å². The Labute approximate surface area is 91.3 Å². The molecule has 3 N–H and O–H groups in total. The lowest BCUT2D eigenvalue weighted by atomic mass is 10.2. The molecule has 2 aromatic rings. The van der Waals surface area contributed by atoms with Crippen molar-refractivity contribution in [3.63, 3.8) is 0 Å². The summed E-state index contributed by atoms with van der Waals surface area (Å²) in [5, 5.41) is 13.6. The molecule has 0 unspecified atom stereocenters. The Kier molecular flexibility index (Phi) is 2.50. The standard InChI is InChI=1S/C9H10N6O/c1-15-8(12-13-14-15)6-3-2-4-7(5-6)11-9(10)16/h2-5H,1H3,(H3,10,11,16). The zero-order chi connectivity index (χ0) is 11.5. The molecule has 7 nitrogen and oxygen atoms in total. The largest absolute Gasteiger partial charge is 0.351 e. The van der Waals surface area contributed by atoms with E-state index in [0.29, 0.717) is 11.5 Å². The quantitative estimate of drug-likeness (QED) is 0.760. The van der Waals surface area contributed by atoms with Crippen LogP contribution in [-0.2, 0) is 7.05 Å². The third-order valence-corrected chi connectivity index (χ3v) is 2.01. The number of tetrazole rings is 1. The number of nitrogens with two attached hydrogens (primary N) is 1. The molecule has 2 amide bonds. The minimum absolute atomic E-state index is 0.603. The second-order valence-electron chi connectivity index (χ2n) is 3.20. The predicted octanol–water partition coefficient (Wildman–Crippen LogP) is 0.368. The molecule has 7 heteroatoms. The number of hydrogen-bond acceptors (Lipinski definition) is 4. The first-order valence-electron chi connectivity index (χ1n) is 4.56. The second kappa shape index (κ2) is 3.97. The topological polar surface area (TPSA) is 98.7 Å². The van der Waals surface area contributed by atoms with E-state index in [4.69, 9.17) is 5.73 Å². The normalized spacial score (nSPS) is 10.1. The highest BCUT2D eigenvalue weighted by Gasteiger charge is 2.06. The maximum absolute atomic E-state index is 10.7. The molecule has 82 valence electrons. The highest BCUT2D eigenvalue weighted by Crippen LogP contribution is 2.19. The molecule has 0 aliphatic rings. The van der Waals surface area contributed by atoms with Gasteiger partial charge >= 0.3 is 6.03 Å². The molecule has 2 rings (SSSR count). The molecule has 1 heterocycles. The zero-order valence-corrected chi connectivity index (χ0v) is 8.58. The lowest BCUT2D eigenvalue weighted by Gasteiger charge is -2.03. The molecule has 1 aromatic heterocycles. The van der Waals surface area contributed by atoms with Gasteiger partial charge in [-0.15, -0.1) is 5.10 Å². The van der Waals surface area contributed by atoms with Crippen LogP contribution in [0.5, 0.6) is 0 Å². The number of hydrogen-bond donors (Lipinski definition) is 2. The number of anilines is 1. The van der Waals surface area contributed by atoms with Gasteiger partial charge in [-0.05, 0) is 22.6 Å². The lowest BCUT2D eigenvalue weighted by Crippen LogP contribution is -2.19. The monoisotopic (exact) mass is 218 g/mol. The number of aryl methyl sites for hydroxylation is 1. The first kappa shape index (κ1) is 10.1. The number of benzene rings is 1. The Bertz CT molecular complexity index is 520. The summed E-state index contributed by atoms with van der Waals surface area (Å²) in [6.45, 7) is 0. The number of urea groups is 1. The Morgan fingerprint density at radius 3 is 2.94 bits per heavy atom. The van der Waals surface area contributed by atoms with E-state index in [1.54, 1.807) is 29.9 Å². The van der Waals surface area contributed by atoms with E-state index in [1.807, 2.05) is 6.07 Å². The minimum Gasteiger partial charge on any atom is -0.351 e. The second-order valence-corrected chi connectivity index (χ2v) is 3.20. The summed E-state index contributed by atoms with van der Waals surface area (Å²) >= 11 is 0. The highest BCUT2D eigenvalue weighted by atomic mass is 16.2. The maximum atomic E-state index is 10.7. The fourth-order valence-electron chi connectivity index (χ4n) is 1.35. The van der Waals surface area contributed by atoms with E-state index >= 15 is 0 Å². The summed E-state index contributed by atoms with van der Waals surface area (Å²) < 4.78 is 1.55. The van der Waals surface area contributed by atoms with Crippen molar-refractivity contribution in [3.8, 4) is 11.4 Å². The molecule has 16 heavy (non-hydrogen) atoms. The van der Waals surface area contributed by atoms with Gasteiger partial charge in [0.25, 0.3) is 0 Å². The van der Waals surface area contributed by atoms with E-state index in [0.717, 1.165) is 5.56 Å². The minimum atomic E-state index is -0.603. The van der Waals surface area contributed by atoms with Gasteiger partial charge in [0, 0.05) is 18.3 Å². The molecule has 0 aliphatic heterocycles. The maximum Gasteiger partial charge on any atom is 0.316 e. The van der Waals surface area contributed by atoms with Gasteiger partial charge in [-0.25, -0.2) is 9.48 Å². The molecular weight excluding hydrogens is 208 g/mol. The summed E-state index contributed by atoms with van der Waals surface area (Å²) in [5.41, 5.74) is 6.44. The van der Waals surface area contributed by atoms with Crippen molar-refractivity contribution in [2.45, 2.75) is 0 Å². The van der Waals surface area contributed by atoms with Crippen LogP contribution in [0.1, 0.15) is 0 Å². The molecule has 0 bridgehead atoms. The van der Waals surface area contributed by atoms with Gasteiger partial charge in [-0.1, -0.05) is 12.1 Å². The van der Waals surface area contributed by atoms with Crippen molar-refractivity contribution in [3.05, 3.63) is 24.3 Å². The SMILES string of the molecule is Cn1nnnc1-c1cccc(NC(N)=O)c1. The average molecular weight is 218 g/mol. The summed E-state index contributed by atoms with van der Waals surface area (Å²) in [6.07, 6.45) is 0. The van der Waals surface area contributed by atoms with Gasteiger partial charge in [0.05, 0.1) is 0 Å². The highest BCUT2D eigenvalue weighted by molar-refractivity contribution is 5.88. The number of aromatic nitrogens is 4. The third kappa shape index (κ3) is 1.97. The van der Waals surface area contributed by atoms with Crippen LogP contribution in [0.15, 0.2) is 24.3 Å². The number of rotatable bonds is 2. The number of nitrogens with zero attached hydrogens (tertiary/aromatic N) is 4. The van der Waals surface area contributed by atoms with Crippen molar-refractivity contribution in [2.24, 2.45) is 12.8 Å². The summed E-state index contributed by atoms with van der Waals surface area (Å²) in [5.74, 6) is 0.619. The molecule has 0 fully saturated rings. The summed E-state index contributed by atoms with van der Waals surface area (Å²) in [7, 11) is 1.74. The van der Waals surface area contributed by atoms with E-state index in [1.165, 1.54) is 0 Å². The van der Waals surface area contributed by atoms with Crippen LogP contribution in [0, 0.1) is 0 Å². The Morgan fingerprint density at radius 1 is 1.50 bits per heavy atom. The predicted molar refractivity (Wildman–Crippen MR) is 57.4 cm³/mol. The van der Waals surface area contributed by atoms with Gasteiger partial charge in [-0.3, -0.25) is 0 Å². The Hall–Kier alpha value is -2.44. The van der Waals surface area contributed by atoms with Crippen molar-refractivity contribution < 1.29 is 4.79 Å². The van der Waals surface area contributed by atoms with E-state index in [9.17, 15) is 4.79 Å². The number of primary amides is 1. The van der Waals surface area contributed by atoms with Gasteiger partial charge in [0.1, 0.15) is 0 Å². The van der Waals surface area contributed by atoms with E-state index in [-0.39, 0.29) is 0 Å². The van der Waals surface area contributed by atoms with E-state index in [2.05, 4.69) is 20.8 Å². The van der Waals surface area contributed by atoms with Crippen LogP contribution in [-0.4, -0.2) is 26.2 Å². The van der Waals surface area contributed by atoms with Crippen LogP contribution in [0.2, 0.25) is 0 Å². The van der Waals surface area contributed by atoms with Crippen LogP contribution in [0.25, 0.3) is 11.4 Å². The van der Waals surface area contributed by atoms with Crippen molar-refractivity contribution in [2.75, 3.05) is 5.32 Å². The Balaban J connectivity index is 2.36. The molecule has 0 saturated carbocycles. The molecule has 0 radical (unpaired) electrons. The Morgan fingerprint density at radius 2 is 2.31 bits per heavy atom.